The number of nitrogens with zero attached hydrogens (tertiary/aromatic N) is 2. The fourth-order valence-corrected chi connectivity index (χ4v) is 5.92. The first kappa shape index (κ1) is 24.3. The van der Waals surface area contributed by atoms with Crippen molar-refractivity contribution in [2.45, 2.75) is 43.6 Å². The predicted molar refractivity (Wildman–Crippen MR) is 130 cm³/mol. The minimum Gasteiger partial charge on any atom is -0.478 e. The number of aromatic nitrogens is 1. The summed E-state index contributed by atoms with van der Waals surface area (Å²) in [5, 5.41) is 4.81. The van der Waals surface area contributed by atoms with Gasteiger partial charge in [0.15, 0.2) is 22.8 Å². The summed E-state index contributed by atoms with van der Waals surface area (Å²) in [5.41, 5.74) is 1.35. The molecule has 34 heavy (non-hydrogen) atoms. The van der Waals surface area contributed by atoms with Crippen LogP contribution in [-0.2, 0) is 14.8 Å². The van der Waals surface area contributed by atoms with Crippen molar-refractivity contribution in [1.29, 1.82) is 0 Å². The van der Waals surface area contributed by atoms with Crippen molar-refractivity contribution in [3.05, 3.63) is 59.7 Å². The molecule has 2 heterocycles. The lowest BCUT2D eigenvalue weighted by atomic mass is 10.2. The Morgan fingerprint density at radius 1 is 1.09 bits per heavy atom. The van der Waals surface area contributed by atoms with Crippen molar-refractivity contribution < 1.29 is 22.3 Å². The number of nitrogens with one attached hydrogen (secondary N) is 1. The zero-order chi connectivity index (χ0) is 24.1. The van der Waals surface area contributed by atoms with Crippen molar-refractivity contribution >= 4 is 32.4 Å². The summed E-state index contributed by atoms with van der Waals surface area (Å²) < 4.78 is 46.6. The van der Waals surface area contributed by atoms with Crippen LogP contribution in [0.25, 0.3) is 11.3 Å². The van der Waals surface area contributed by atoms with Crippen LogP contribution in [0.5, 0.6) is 5.75 Å². The van der Waals surface area contributed by atoms with Crippen molar-refractivity contribution in [2.24, 2.45) is 0 Å². The Hall–Kier alpha value is -2.82. The maximum Gasteiger partial charge on any atom is 0.266 e. The molecular formula is C24H26FN3O4S2. The third-order valence-electron chi connectivity index (χ3n) is 5.60. The minimum absolute atomic E-state index is 0.000181. The van der Waals surface area contributed by atoms with Crippen LogP contribution in [0.4, 0.5) is 9.52 Å². The molecule has 4 rings (SSSR count). The molecule has 1 aliphatic heterocycles. The molecule has 180 valence electrons. The van der Waals surface area contributed by atoms with E-state index in [4.69, 9.17) is 4.74 Å². The molecule has 0 bridgehead atoms. The molecule has 0 radical (unpaired) electrons. The van der Waals surface area contributed by atoms with Gasteiger partial charge in [0.1, 0.15) is 0 Å². The lowest BCUT2D eigenvalue weighted by Crippen LogP contribution is -2.31. The second-order valence-corrected chi connectivity index (χ2v) is 10.9. The molecule has 1 atom stereocenters. The third kappa shape index (κ3) is 5.63. The number of hydrogen-bond donors (Lipinski definition) is 1. The number of anilines is 1. The van der Waals surface area contributed by atoms with E-state index in [9.17, 15) is 17.6 Å². The van der Waals surface area contributed by atoms with Crippen LogP contribution in [0.15, 0.2) is 58.8 Å². The van der Waals surface area contributed by atoms with Crippen LogP contribution in [-0.4, -0.2) is 42.8 Å². The highest BCUT2D eigenvalue weighted by atomic mass is 32.2. The number of rotatable bonds is 7. The number of thiazole rings is 1. The number of amides is 1. The number of hydrogen-bond acceptors (Lipinski definition) is 6. The normalized spacial score (nSPS) is 15.9. The molecule has 10 heteroatoms. The van der Waals surface area contributed by atoms with Gasteiger partial charge >= 0.3 is 0 Å². The van der Waals surface area contributed by atoms with Gasteiger partial charge in [0.2, 0.25) is 10.0 Å². The number of benzene rings is 2. The van der Waals surface area contributed by atoms with E-state index in [1.54, 1.807) is 46.1 Å². The van der Waals surface area contributed by atoms with Crippen molar-refractivity contribution in [2.75, 3.05) is 18.4 Å². The monoisotopic (exact) mass is 503 g/mol. The van der Waals surface area contributed by atoms with E-state index in [2.05, 4.69) is 10.3 Å². The first-order valence-corrected chi connectivity index (χ1v) is 13.4. The van der Waals surface area contributed by atoms with E-state index < -0.39 is 27.9 Å². The largest absolute Gasteiger partial charge is 0.478 e. The van der Waals surface area contributed by atoms with Gasteiger partial charge in [-0.25, -0.2) is 17.8 Å². The summed E-state index contributed by atoms with van der Waals surface area (Å²) in [5.74, 6) is -0.997. The Morgan fingerprint density at radius 3 is 2.44 bits per heavy atom. The SMILES string of the molecule is CC(Oc1ccccc1F)C(=O)Nc1nc(-c2ccc(S(=O)(=O)N3CCCCCC3)cc2)cs1. The highest BCUT2D eigenvalue weighted by molar-refractivity contribution is 7.89. The van der Waals surface area contributed by atoms with Gasteiger partial charge in [-0.3, -0.25) is 10.1 Å². The van der Waals surface area contributed by atoms with E-state index in [0.717, 1.165) is 31.2 Å². The molecule has 2 aromatic carbocycles. The number of ether oxygens (including phenoxy) is 1. The van der Waals surface area contributed by atoms with Crippen LogP contribution >= 0.6 is 11.3 Å². The topological polar surface area (TPSA) is 88.6 Å². The average molecular weight is 504 g/mol. The second kappa shape index (κ2) is 10.6. The number of halogens is 1. The highest BCUT2D eigenvalue weighted by Crippen LogP contribution is 2.28. The molecule has 0 aliphatic carbocycles. The molecular weight excluding hydrogens is 477 g/mol. The van der Waals surface area contributed by atoms with Crippen LogP contribution < -0.4 is 10.1 Å². The van der Waals surface area contributed by atoms with Gasteiger partial charge in [-0.2, -0.15) is 4.31 Å². The van der Waals surface area contributed by atoms with Gasteiger partial charge in [-0.1, -0.05) is 37.1 Å². The summed E-state index contributed by atoms with van der Waals surface area (Å²) in [6.45, 7) is 2.64. The Bertz CT molecular complexity index is 1240. The molecule has 1 N–H and O–H groups in total. The molecule has 1 unspecified atom stereocenters. The minimum atomic E-state index is -3.52. The predicted octanol–water partition coefficient (Wildman–Crippen LogP) is 4.92. The molecule has 1 aliphatic rings. The highest BCUT2D eigenvalue weighted by Gasteiger charge is 2.25. The molecule has 1 fully saturated rings. The van der Waals surface area contributed by atoms with Gasteiger partial charge in [-0.05, 0) is 44.0 Å². The molecule has 0 saturated carbocycles. The van der Waals surface area contributed by atoms with Crippen LogP contribution in [0, 0.1) is 5.82 Å². The number of carbonyl (C=O) groups excluding carboxylic acids is 1. The van der Waals surface area contributed by atoms with Crippen molar-refractivity contribution in [3.63, 3.8) is 0 Å². The van der Waals surface area contributed by atoms with Gasteiger partial charge in [-0.15, -0.1) is 11.3 Å². The van der Waals surface area contributed by atoms with Crippen LogP contribution in [0.2, 0.25) is 0 Å². The van der Waals surface area contributed by atoms with E-state index in [1.165, 1.54) is 30.4 Å². The summed E-state index contributed by atoms with van der Waals surface area (Å²) in [6.07, 6.45) is 2.96. The maximum absolute atomic E-state index is 13.7. The lowest BCUT2D eigenvalue weighted by molar-refractivity contribution is -0.122. The zero-order valence-electron chi connectivity index (χ0n) is 18.7. The summed E-state index contributed by atoms with van der Waals surface area (Å²) in [7, 11) is -3.52. The Labute approximate surface area is 202 Å². The second-order valence-electron chi connectivity index (χ2n) is 8.06. The lowest BCUT2D eigenvalue weighted by Gasteiger charge is -2.20. The Balaban J connectivity index is 1.40. The fourth-order valence-electron chi connectivity index (χ4n) is 3.68. The number of para-hydroxylation sites is 1. The van der Waals surface area contributed by atoms with Crippen molar-refractivity contribution in [3.8, 4) is 17.0 Å². The van der Waals surface area contributed by atoms with Crippen LogP contribution in [0.3, 0.4) is 0 Å². The first-order chi connectivity index (χ1) is 16.3. The molecule has 3 aromatic rings. The van der Waals surface area contributed by atoms with Gasteiger partial charge in [0.05, 0.1) is 10.6 Å². The van der Waals surface area contributed by atoms with E-state index in [0.29, 0.717) is 23.9 Å². The van der Waals surface area contributed by atoms with E-state index in [-0.39, 0.29) is 10.6 Å². The Morgan fingerprint density at radius 2 is 1.76 bits per heavy atom. The summed E-state index contributed by atoms with van der Waals surface area (Å²) in [6, 6.07) is 12.5. The molecule has 1 amide bonds. The van der Waals surface area contributed by atoms with Gasteiger partial charge in [0, 0.05) is 24.0 Å². The van der Waals surface area contributed by atoms with Gasteiger partial charge in [0.25, 0.3) is 5.91 Å². The van der Waals surface area contributed by atoms with E-state index >= 15 is 0 Å². The number of sulfonamides is 1. The van der Waals surface area contributed by atoms with Crippen molar-refractivity contribution in [1.82, 2.24) is 9.29 Å². The van der Waals surface area contributed by atoms with Gasteiger partial charge < -0.3 is 4.74 Å². The molecule has 7 nitrogen and oxygen atoms in total. The zero-order valence-corrected chi connectivity index (χ0v) is 20.4. The van der Waals surface area contributed by atoms with Crippen LogP contribution in [0.1, 0.15) is 32.6 Å². The first-order valence-electron chi connectivity index (χ1n) is 11.1. The molecule has 1 aromatic heterocycles. The summed E-state index contributed by atoms with van der Waals surface area (Å²) in [4.78, 5) is 17.1. The fraction of sp³-hybridized carbons (Fsp3) is 0.333. The summed E-state index contributed by atoms with van der Waals surface area (Å²) >= 11 is 1.24. The molecule has 1 saturated heterocycles. The van der Waals surface area contributed by atoms with E-state index in [1.807, 2.05) is 0 Å². The molecule has 0 spiro atoms. The smallest absolute Gasteiger partial charge is 0.266 e. The third-order valence-corrected chi connectivity index (χ3v) is 8.27. The maximum atomic E-state index is 13.7. The Kier molecular flexibility index (Phi) is 7.60. The number of carbonyl (C=O) groups is 1. The standard InChI is InChI=1S/C24H26FN3O4S2/c1-17(32-22-9-5-4-8-20(22)25)23(29)27-24-26-21(16-33-24)18-10-12-19(13-11-18)34(30,31)28-14-6-2-3-7-15-28/h4-5,8-13,16-17H,2-3,6-7,14-15H2,1H3,(H,26,27,29). The average Bonchev–Trinajstić information content (AvgIpc) is 3.11. The quantitative estimate of drug-likeness (QED) is 0.494.